The summed E-state index contributed by atoms with van der Waals surface area (Å²) in [4.78, 5) is 0. The zero-order valence-corrected chi connectivity index (χ0v) is 9.51. The number of hydrogen-bond donors (Lipinski definition) is 0. The van der Waals surface area contributed by atoms with Crippen molar-refractivity contribution < 1.29 is 13.9 Å². The summed E-state index contributed by atoms with van der Waals surface area (Å²) in [5, 5.41) is 0. The molecular weight excluding hydrogens is 251 g/mol. The molecule has 0 atom stereocenters. The van der Waals surface area contributed by atoms with Gasteiger partial charge in [0.1, 0.15) is 18.2 Å². The fourth-order valence-electron chi connectivity index (χ4n) is 0.947. The lowest BCUT2D eigenvalue weighted by molar-refractivity contribution is 0.110. The fourth-order valence-corrected chi connectivity index (χ4v) is 1.41. The van der Waals surface area contributed by atoms with Gasteiger partial charge in [0.25, 0.3) is 0 Å². The molecule has 4 heteroatoms. The molecule has 0 heterocycles. The van der Waals surface area contributed by atoms with Crippen LogP contribution >= 0.6 is 15.9 Å². The van der Waals surface area contributed by atoms with Crippen LogP contribution in [0.4, 0.5) is 4.39 Å². The second-order valence-electron chi connectivity index (χ2n) is 2.62. The van der Waals surface area contributed by atoms with Crippen LogP contribution in [0.1, 0.15) is 6.92 Å². The summed E-state index contributed by atoms with van der Waals surface area (Å²) in [5.41, 5.74) is 0. The van der Waals surface area contributed by atoms with Crippen molar-refractivity contribution in [3.05, 3.63) is 28.5 Å². The average Bonchev–Trinajstić information content (AvgIpc) is 2.15. The first kappa shape index (κ1) is 11.5. The molecule has 78 valence electrons. The van der Waals surface area contributed by atoms with Gasteiger partial charge in [-0.25, -0.2) is 4.39 Å². The summed E-state index contributed by atoms with van der Waals surface area (Å²) in [5.74, 6) is 0.347. The number of benzene rings is 1. The van der Waals surface area contributed by atoms with Gasteiger partial charge in [0.05, 0.1) is 11.1 Å². The summed E-state index contributed by atoms with van der Waals surface area (Å²) >= 11 is 3.21. The van der Waals surface area contributed by atoms with Gasteiger partial charge < -0.3 is 9.47 Å². The topological polar surface area (TPSA) is 18.5 Å². The lowest BCUT2D eigenvalue weighted by Crippen LogP contribution is -2.06. The van der Waals surface area contributed by atoms with Crippen LogP contribution in [0.25, 0.3) is 0 Å². The van der Waals surface area contributed by atoms with E-state index in [9.17, 15) is 4.39 Å². The Bertz CT molecular complexity index is 291. The molecule has 0 amide bonds. The number of rotatable bonds is 5. The van der Waals surface area contributed by atoms with Crippen molar-refractivity contribution in [2.45, 2.75) is 6.92 Å². The van der Waals surface area contributed by atoms with E-state index in [0.29, 0.717) is 30.0 Å². The molecule has 2 nitrogen and oxygen atoms in total. The van der Waals surface area contributed by atoms with Gasteiger partial charge in [0.15, 0.2) is 0 Å². The highest BCUT2D eigenvalue weighted by Crippen LogP contribution is 2.25. The van der Waals surface area contributed by atoms with E-state index >= 15 is 0 Å². The number of hydrogen-bond acceptors (Lipinski definition) is 2. The van der Waals surface area contributed by atoms with Crippen LogP contribution in [-0.4, -0.2) is 19.8 Å². The van der Waals surface area contributed by atoms with Crippen molar-refractivity contribution >= 4 is 15.9 Å². The van der Waals surface area contributed by atoms with Crippen molar-refractivity contribution in [2.24, 2.45) is 0 Å². The Morgan fingerprint density at radius 1 is 1.36 bits per heavy atom. The molecule has 0 bridgehead atoms. The van der Waals surface area contributed by atoms with E-state index in [2.05, 4.69) is 15.9 Å². The molecule has 0 aromatic heterocycles. The second-order valence-corrected chi connectivity index (χ2v) is 3.47. The largest absolute Gasteiger partial charge is 0.490 e. The SMILES string of the molecule is CCOCCOc1ccc(F)cc1Br. The van der Waals surface area contributed by atoms with Gasteiger partial charge in [-0.15, -0.1) is 0 Å². The average molecular weight is 263 g/mol. The van der Waals surface area contributed by atoms with Gasteiger partial charge in [-0.1, -0.05) is 0 Å². The summed E-state index contributed by atoms with van der Waals surface area (Å²) in [7, 11) is 0. The maximum Gasteiger partial charge on any atom is 0.133 e. The molecular formula is C10H12BrFO2. The zero-order chi connectivity index (χ0) is 10.4. The van der Waals surface area contributed by atoms with E-state index in [1.165, 1.54) is 12.1 Å². The minimum absolute atomic E-state index is 0.283. The van der Waals surface area contributed by atoms with Crippen LogP contribution in [0.2, 0.25) is 0 Å². The van der Waals surface area contributed by atoms with Gasteiger partial charge in [-0.3, -0.25) is 0 Å². The minimum atomic E-state index is -0.283. The lowest BCUT2D eigenvalue weighted by Gasteiger charge is -2.07. The van der Waals surface area contributed by atoms with Crippen LogP contribution in [-0.2, 0) is 4.74 Å². The third kappa shape index (κ3) is 3.64. The Kier molecular flexibility index (Phi) is 4.90. The Labute approximate surface area is 91.2 Å². The highest BCUT2D eigenvalue weighted by molar-refractivity contribution is 9.10. The van der Waals surface area contributed by atoms with Gasteiger partial charge in [0, 0.05) is 6.61 Å². The van der Waals surface area contributed by atoms with E-state index in [0.717, 1.165) is 0 Å². The molecule has 0 saturated carbocycles. The highest BCUT2D eigenvalue weighted by Gasteiger charge is 2.01. The zero-order valence-electron chi connectivity index (χ0n) is 7.93. The van der Waals surface area contributed by atoms with Crippen LogP contribution in [0, 0.1) is 5.82 Å². The first-order valence-corrected chi connectivity index (χ1v) is 5.19. The monoisotopic (exact) mass is 262 g/mol. The fraction of sp³-hybridized carbons (Fsp3) is 0.400. The molecule has 0 radical (unpaired) electrons. The molecule has 0 aliphatic heterocycles. The van der Waals surface area contributed by atoms with Gasteiger partial charge in [0.2, 0.25) is 0 Å². The lowest BCUT2D eigenvalue weighted by atomic mass is 10.3. The Morgan fingerprint density at radius 3 is 2.79 bits per heavy atom. The smallest absolute Gasteiger partial charge is 0.133 e. The van der Waals surface area contributed by atoms with E-state index in [4.69, 9.17) is 9.47 Å². The normalized spacial score (nSPS) is 10.2. The maximum atomic E-state index is 12.7. The van der Waals surface area contributed by atoms with Crippen molar-refractivity contribution in [3.8, 4) is 5.75 Å². The van der Waals surface area contributed by atoms with Crippen LogP contribution in [0.5, 0.6) is 5.75 Å². The molecule has 0 spiro atoms. The number of ether oxygens (including phenoxy) is 2. The summed E-state index contributed by atoms with van der Waals surface area (Å²) in [6, 6.07) is 4.32. The summed E-state index contributed by atoms with van der Waals surface area (Å²) in [6.07, 6.45) is 0. The molecule has 1 rings (SSSR count). The third-order valence-corrected chi connectivity index (χ3v) is 2.20. The molecule has 0 N–H and O–H groups in total. The molecule has 0 aliphatic rings. The van der Waals surface area contributed by atoms with Crippen LogP contribution in [0.15, 0.2) is 22.7 Å². The second kappa shape index (κ2) is 5.98. The van der Waals surface area contributed by atoms with Crippen LogP contribution in [0.3, 0.4) is 0 Å². The van der Waals surface area contributed by atoms with Gasteiger partial charge in [-0.2, -0.15) is 0 Å². The van der Waals surface area contributed by atoms with Gasteiger partial charge in [-0.05, 0) is 41.1 Å². The molecule has 0 saturated heterocycles. The van der Waals surface area contributed by atoms with Crippen LogP contribution < -0.4 is 4.74 Å². The van der Waals surface area contributed by atoms with Crippen molar-refractivity contribution in [2.75, 3.05) is 19.8 Å². The first-order chi connectivity index (χ1) is 6.74. The first-order valence-electron chi connectivity index (χ1n) is 4.39. The van der Waals surface area contributed by atoms with Crippen molar-refractivity contribution in [1.82, 2.24) is 0 Å². The molecule has 0 fully saturated rings. The minimum Gasteiger partial charge on any atom is -0.490 e. The van der Waals surface area contributed by atoms with E-state index in [-0.39, 0.29) is 5.82 Å². The molecule has 1 aromatic rings. The molecule has 0 unspecified atom stereocenters. The van der Waals surface area contributed by atoms with Gasteiger partial charge >= 0.3 is 0 Å². The van der Waals surface area contributed by atoms with E-state index in [1.54, 1.807) is 6.07 Å². The molecule has 0 aliphatic carbocycles. The summed E-state index contributed by atoms with van der Waals surface area (Å²) in [6.45, 7) is 3.61. The Morgan fingerprint density at radius 2 is 2.14 bits per heavy atom. The number of halogens is 2. The van der Waals surface area contributed by atoms with Crippen molar-refractivity contribution in [3.63, 3.8) is 0 Å². The predicted octanol–water partition coefficient (Wildman–Crippen LogP) is 3.00. The maximum absolute atomic E-state index is 12.7. The third-order valence-electron chi connectivity index (χ3n) is 1.58. The predicted molar refractivity (Wildman–Crippen MR) is 56.1 cm³/mol. The standard InChI is InChI=1S/C10H12BrFO2/c1-2-13-5-6-14-10-4-3-8(12)7-9(10)11/h3-4,7H,2,5-6H2,1H3. The highest BCUT2D eigenvalue weighted by atomic mass is 79.9. The molecule has 1 aromatic carbocycles. The van der Waals surface area contributed by atoms with E-state index < -0.39 is 0 Å². The Hall–Kier alpha value is -0.610. The van der Waals surface area contributed by atoms with Crippen molar-refractivity contribution in [1.29, 1.82) is 0 Å². The summed E-state index contributed by atoms with van der Waals surface area (Å²) < 4.78 is 23.8. The quantitative estimate of drug-likeness (QED) is 0.760. The molecule has 14 heavy (non-hydrogen) atoms. The van der Waals surface area contributed by atoms with E-state index in [1.807, 2.05) is 6.92 Å². The Balaban J connectivity index is 2.42.